The predicted octanol–water partition coefficient (Wildman–Crippen LogP) is 1.14. The van der Waals surface area contributed by atoms with Crippen molar-refractivity contribution < 1.29 is 14.9 Å². The summed E-state index contributed by atoms with van der Waals surface area (Å²) in [6, 6.07) is 10.2. The highest BCUT2D eigenvalue weighted by Crippen LogP contribution is 2.24. The molecular formula is C15H18N2O3S. The maximum atomic E-state index is 9.78. The molecule has 3 rings (SSSR count). The van der Waals surface area contributed by atoms with Gasteiger partial charge in [-0.05, 0) is 5.56 Å². The molecule has 2 aromatic rings. The van der Waals surface area contributed by atoms with Crippen molar-refractivity contribution in [3.05, 3.63) is 48.3 Å². The van der Waals surface area contributed by atoms with E-state index in [1.165, 1.54) is 17.3 Å². The Labute approximate surface area is 127 Å². The van der Waals surface area contributed by atoms with Crippen LogP contribution in [0.25, 0.3) is 0 Å². The number of nitrogens with zero attached hydrogens (tertiary/aromatic N) is 2. The van der Waals surface area contributed by atoms with Crippen molar-refractivity contribution in [3.63, 3.8) is 0 Å². The minimum Gasteiger partial charge on any atom is -0.388 e. The highest BCUT2D eigenvalue weighted by molar-refractivity contribution is 7.99. The van der Waals surface area contributed by atoms with Gasteiger partial charge >= 0.3 is 0 Å². The lowest BCUT2D eigenvalue weighted by Crippen LogP contribution is -2.31. The van der Waals surface area contributed by atoms with E-state index in [-0.39, 0.29) is 12.7 Å². The van der Waals surface area contributed by atoms with E-state index in [1.807, 2.05) is 24.4 Å². The molecule has 0 amide bonds. The maximum Gasteiger partial charge on any atom is 0.168 e. The summed E-state index contributed by atoms with van der Waals surface area (Å²) in [5, 5.41) is 20.1. The number of rotatable bonds is 5. The van der Waals surface area contributed by atoms with E-state index in [2.05, 4.69) is 21.7 Å². The fourth-order valence-electron chi connectivity index (χ4n) is 2.31. The lowest BCUT2D eigenvalue weighted by molar-refractivity contribution is 0.0337. The number of aromatic nitrogens is 2. The van der Waals surface area contributed by atoms with Gasteiger partial charge in [0.25, 0.3) is 0 Å². The second-order valence-corrected chi connectivity index (χ2v) is 6.05. The Hall–Kier alpha value is -1.34. The van der Waals surface area contributed by atoms with E-state index >= 15 is 0 Å². The highest BCUT2D eigenvalue weighted by Gasteiger charge is 2.34. The first-order valence-corrected chi connectivity index (χ1v) is 7.88. The van der Waals surface area contributed by atoms with Gasteiger partial charge in [0.15, 0.2) is 5.16 Å². The van der Waals surface area contributed by atoms with Gasteiger partial charge in [-0.1, -0.05) is 42.1 Å². The second-order valence-electron chi connectivity index (χ2n) is 5.06. The molecule has 1 fully saturated rings. The van der Waals surface area contributed by atoms with Crippen LogP contribution in [0.2, 0.25) is 0 Å². The number of aliphatic hydroxyl groups excluding tert-OH is 2. The Morgan fingerprint density at radius 3 is 2.81 bits per heavy atom. The monoisotopic (exact) mass is 306 g/mol. The van der Waals surface area contributed by atoms with E-state index in [9.17, 15) is 10.2 Å². The first kappa shape index (κ1) is 14.6. The fourth-order valence-corrected chi connectivity index (χ4v) is 3.34. The molecule has 2 heterocycles. The summed E-state index contributed by atoms with van der Waals surface area (Å²) in [5.74, 6) is 0.573. The molecule has 0 aliphatic carbocycles. The predicted molar refractivity (Wildman–Crippen MR) is 80.2 cm³/mol. The zero-order valence-electron chi connectivity index (χ0n) is 11.5. The van der Waals surface area contributed by atoms with Gasteiger partial charge in [-0.2, -0.15) is 0 Å². The topological polar surface area (TPSA) is 67.5 Å². The van der Waals surface area contributed by atoms with Crippen LogP contribution in [0.4, 0.5) is 0 Å². The Bertz CT molecular complexity index is 575. The van der Waals surface area contributed by atoms with E-state index < -0.39 is 12.2 Å². The zero-order chi connectivity index (χ0) is 14.7. The number of ether oxygens (including phenoxy) is 1. The van der Waals surface area contributed by atoms with Crippen LogP contribution in [-0.2, 0) is 11.3 Å². The van der Waals surface area contributed by atoms with Crippen LogP contribution in [-0.4, -0.2) is 50.4 Å². The molecule has 3 atom stereocenters. The van der Waals surface area contributed by atoms with Gasteiger partial charge in [-0.3, -0.25) is 0 Å². The molecule has 0 spiro atoms. The normalized spacial score (nSPS) is 25.3. The Balaban J connectivity index is 1.61. The first-order valence-electron chi connectivity index (χ1n) is 6.89. The van der Waals surface area contributed by atoms with E-state index in [4.69, 9.17) is 4.74 Å². The van der Waals surface area contributed by atoms with Crippen LogP contribution in [0.3, 0.4) is 0 Å². The molecule has 0 radical (unpaired) electrons. The third-order valence-electron chi connectivity index (χ3n) is 3.51. The summed E-state index contributed by atoms with van der Waals surface area (Å²) in [4.78, 5) is 4.34. The van der Waals surface area contributed by atoms with Crippen molar-refractivity contribution in [1.82, 2.24) is 9.55 Å². The van der Waals surface area contributed by atoms with Gasteiger partial charge in [0, 0.05) is 24.7 Å². The minimum absolute atomic E-state index is 0.199. The SMILES string of the molecule is OC1COC(CSc2nccn2Cc2ccccc2)C1O. The largest absolute Gasteiger partial charge is 0.388 e. The number of hydrogen-bond donors (Lipinski definition) is 2. The van der Waals surface area contributed by atoms with Gasteiger partial charge in [0.2, 0.25) is 0 Å². The smallest absolute Gasteiger partial charge is 0.168 e. The van der Waals surface area contributed by atoms with Crippen LogP contribution >= 0.6 is 11.8 Å². The van der Waals surface area contributed by atoms with Crippen molar-refractivity contribution in [2.75, 3.05) is 12.4 Å². The molecule has 6 heteroatoms. The minimum atomic E-state index is -0.810. The number of hydrogen-bond acceptors (Lipinski definition) is 5. The van der Waals surface area contributed by atoms with Crippen molar-refractivity contribution in [2.24, 2.45) is 0 Å². The van der Waals surface area contributed by atoms with E-state index in [1.54, 1.807) is 6.20 Å². The van der Waals surface area contributed by atoms with Crippen molar-refractivity contribution in [3.8, 4) is 0 Å². The summed E-state index contributed by atoms with van der Waals surface area (Å²) in [7, 11) is 0. The summed E-state index contributed by atoms with van der Waals surface area (Å²) in [5.41, 5.74) is 1.21. The molecule has 2 N–H and O–H groups in total. The number of imidazole rings is 1. The fraction of sp³-hybridized carbons (Fsp3) is 0.400. The summed E-state index contributed by atoms with van der Waals surface area (Å²) >= 11 is 1.53. The molecule has 3 unspecified atom stereocenters. The third kappa shape index (κ3) is 3.47. The Kier molecular flexibility index (Phi) is 4.60. The Morgan fingerprint density at radius 1 is 1.29 bits per heavy atom. The molecular weight excluding hydrogens is 288 g/mol. The van der Waals surface area contributed by atoms with Crippen LogP contribution in [0.1, 0.15) is 5.56 Å². The average Bonchev–Trinajstić information content (AvgIpc) is 3.07. The number of thioether (sulfide) groups is 1. The van der Waals surface area contributed by atoms with Gasteiger partial charge in [-0.15, -0.1) is 0 Å². The standard InChI is InChI=1S/C15H18N2O3S/c18-12-9-20-13(14(12)19)10-21-15-16-6-7-17(15)8-11-4-2-1-3-5-11/h1-7,12-14,18-19H,8-10H2. The molecule has 1 aliphatic rings. The summed E-state index contributed by atoms with van der Waals surface area (Å²) in [6.07, 6.45) is 1.78. The van der Waals surface area contributed by atoms with Gasteiger partial charge in [0.1, 0.15) is 12.2 Å². The maximum absolute atomic E-state index is 9.78. The van der Waals surface area contributed by atoms with Gasteiger partial charge in [-0.25, -0.2) is 4.98 Å². The highest BCUT2D eigenvalue weighted by atomic mass is 32.2. The lowest BCUT2D eigenvalue weighted by atomic mass is 10.2. The molecule has 0 saturated carbocycles. The summed E-state index contributed by atoms with van der Waals surface area (Å²) in [6.45, 7) is 0.963. The van der Waals surface area contributed by atoms with E-state index in [0.29, 0.717) is 5.75 Å². The first-order chi connectivity index (χ1) is 10.2. The van der Waals surface area contributed by atoms with Crippen LogP contribution in [0, 0.1) is 0 Å². The summed E-state index contributed by atoms with van der Waals surface area (Å²) < 4.78 is 7.44. The van der Waals surface area contributed by atoms with Crippen LogP contribution in [0.5, 0.6) is 0 Å². The molecule has 1 aliphatic heterocycles. The lowest BCUT2D eigenvalue weighted by Gasteiger charge is -2.14. The van der Waals surface area contributed by atoms with Gasteiger partial charge < -0.3 is 19.5 Å². The molecule has 1 aromatic heterocycles. The quantitative estimate of drug-likeness (QED) is 0.811. The van der Waals surface area contributed by atoms with Crippen molar-refractivity contribution >= 4 is 11.8 Å². The molecule has 0 bridgehead atoms. The molecule has 1 saturated heterocycles. The van der Waals surface area contributed by atoms with Crippen LogP contribution < -0.4 is 0 Å². The van der Waals surface area contributed by atoms with Crippen LogP contribution in [0.15, 0.2) is 47.9 Å². The van der Waals surface area contributed by atoms with Gasteiger partial charge in [0.05, 0.1) is 12.7 Å². The molecule has 5 nitrogen and oxygen atoms in total. The van der Waals surface area contributed by atoms with E-state index in [0.717, 1.165) is 11.7 Å². The number of benzene rings is 1. The van der Waals surface area contributed by atoms with Crippen molar-refractivity contribution in [2.45, 2.75) is 30.0 Å². The number of aliphatic hydroxyl groups is 2. The third-order valence-corrected chi connectivity index (χ3v) is 4.60. The zero-order valence-corrected chi connectivity index (χ0v) is 12.3. The molecule has 1 aromatic carbocycles. The van der Waals surface area contributed by atoms with Crippen molar-refractivity contribution in [1.29, 1.82) is 0 Å². The molecule has 21 heavy (non-hydrogen) atoms. The average molecular weight is 306 g/mol. The Morgan fingerprint density at radius 2 is 2.10 bits per heavy atom. The molecule has 112 valence electrons. The second kappa shape index (κ2) is 6.62.